The Balaban J connectivity index is 1.91. The lowest BCUT2D eigenvalue weighted by Crippen LogP contribution is -2.41. The second-order valence-corrected chi connectivity index (χ2v) is 4.99. The number of benzene rings is 1. The summed E-state index contributed by atoms with van der Waals surface area (Å²) in [5, 5.41) is 2.91. The number of nitrogens with one attached hydrogen (secondary N) is 1. The predicted octanol–water partition coefficient (Wildman–Crippen LogP) is 2.18. The van der Waals surface area contributed by atoms with Crippen LogP contribution in [0.2, 0.25) is 0 Å². The first-order valence-electron chi connectivity index (χ1n) is 6.69. The number of amides is 1. The summed E-state index contributed by atoms with van der Waals surface area (Å²) in [5.74, 6) is 0.178. The molecule has 1 atom stereocenters. The van der Waals surface area contributed by atoms with Crippen LogP contribution in [0.4, 0.5) is 0 Å². The summed E-state index contributed by atoms with van der Waals surface area (Å²) in [7, 11) is 4.04. The molecule has 0 aliphatic heterocycles. The molecule has 2 aromatic rings. The normalized spacial score (nSPS) is 12.3. The van der Waals surface area contributed by atoms with Gasteiger partial charge < -0.3 is 14.6 Å². The number of carbonyl (C=O) groups excluding carboxylic acids is 1. The Morgan fingerprint density at radius 2 is 1.95 bits per heavy atom. The maximum absolute atomic E-state index is 11.9. The Labute approximate surface area is 119 Å². The van der Waals surface area contributed by atoms with Crippen LogP contribution in [0, 0.1) is 0 Å². The first-order chi connectivity index (χ1) is 9.66. The molecule has 106 valence electrons. The van der Waals surface area contributed by atoms with Crippen LogP contribution in [0.3, 0.4) is 0 Å². The van der Waals surface area contributed by atoms with Crippen LogP contribution in [-0.4, -0.2) is 37.5 Å². The summed E-state index contributed by atoms with van der Waals surface area (Å²) in [5.41, 5.74) is 1.26. The van der Waals surface area contributed by atoms with E-state index in [1.54, 1.807) is 12.1 Å². The fourth-order valence-corrected chi connectivity index (χ4v) is 2.03. The minimum absolute atomic E-state index is 0.171. The van der Waals surface area contributed by atoms with Gasteiger partial charge in [0.1, 0.15) is 0 Å². The van der Waals surface area contributed by atoms with Gasteiger partial charge >= 0.3 is 0 Å². The van der Waals surface area contributed by atoms with Gasteiger partial charge in [0.25, 0.3) is 5.91 Å². The van der Waals surface area contributed by atoms with Gasteiger partial charge in [-0.25, -0.2) is 0 Å². The minimum Gasteiger partial charge on any atom is -0.459 e. The van der Waals surface area contributed by atoms with E-state index in [0.29, 0.717) is 12.3 Å². The molecule has 1 amide bonds. The summed E-state index contributed by atoms with van der Waals surface area (Å²) in [4.78, 5) is 14.0. The second kappa shape index (κ2) is 6.91. The lowest BCUT2D eigenvalue weighted by Gasteiger charge is -2.24. The van der Waals surface area contributed by atoms with E-state index in [-0.39, 0.29) is 11.9 Å². The van der Waals surface area contributed by atoms with Gasteiger partial charge in [-0.1, -0.05) is 30.3 Å². The fraction of sp³-hybridized carbons (Fsp3) is 0.312. The topological polar surface area (TPSA) is 45.5 Å². The number of likely N-dealkylation sites (N-methyl/N-ethyl adjacent to an activating group) is 1. The highest BCUT2D eigenvalue weighted by molar-refractivity contribution is 5.91. The lowest BCUT2D eigenvalue weighted by atomic mass is 10.1. The lowest BCUT2D eigenvalue weighted by molar-refractivity contribution is 0.0914. The molecule has 4 nitrogen and oxygen atoms in total. The molecule has 4 heteroatoms. The van der Waals surface area contributed by atoms with Crippen LogP contribution in [0.15, 0.2) is 53.1 Å². The van der Waals surface area contributed by atoms with E-state index in [1.807, 2.05) is 32.3 Å². The van der Waals surface area contributed by atoms with E-state index in [4.69, 9.17) is 4.42 Å². The van der Waals surface area contributed by atoms with Crippen molar-refractivity contribution in [2.75, 3.05) is 20.6 Å². The predicted molar refractivity (Wildman–Crippen MR) is 78.7 cm³/mol. The summed E-state index contributed by atoms with van der Waals surface area (Å²) in [6, 6.07) is 13.9. The average molecular weight is 272 g/mol. The van der Waals surface area contributed by atoms with Gasteiger partial charge in [0, 0.05) is 12.6 Å². The Hall–Kier alpha value is -2.07. The Bertz CT molecular complexity index is 521. The summed E-state index contributed by atoms with van der Waals surface area (Å²) in [6.07, 6.45) is 2.40. The van der Waals surface area contributed by atoms with Crippen LogP contribution in [0.25, 0.3) is 0 Å². The van der Waals surface area contributed by atoms with E-state index in [1.165, 1.54) is 11.8 Å². The van der Waals surface area contributed by atoms with Crippen molar-refractivity contribution in [2.24, 2.45) is 0 Å². The molecule has 20 heavy (non-hydrogen) atoms. The number of hydrogen-bond acceptors (Lipinski definition) is 3. The van der Waals surface area contributed by atoms with Crippen LogP contribution >= 0.6 is 0 Å². The molecule has 1 N–H and O–H groups in total. The van der Waals surface area contributed by atoms with Gasteiger partial charge in [-0.05, 0) is 38.2 Å². The highest BCUT2D eigenvalue weighted by Crippen LogP contribution is 2.07. The molecular formula is C16H20N2O2. The molecule has 0 fully saturated rings. The maximum Gasteiger partial charge on any atom is 0.287 e. The van der Waals surface area contributed by atoms with Crippen LogP contribution in [0.1, 0.15) is 16.1 Å². The molecule has 1 heterocycles. The number of rotatable bonds is 6. The summed E-state index contributed by atoms with van der Waals surface area (Å²) >= 11 is 0. The SMILES string of the molecule is CN(C)[C@H](CNC(=O)c1ccco1)Cc1ccccc1. The van der Waals surface area contributed by atoms with Crippen molar-refractivity contribution in [2.45, 2.75) is 12.5 Å². The average Bonchev–Trinajstić information content (AvgIpc) is 2.98. The third kappa shape index (κ3) is 3.96. The van der Waals surface area contributed by atoms with Crippen molar-refractivity contribution >= 4 is 5.91 Å². The van der Waals surface area contributed by atoms with Gasteiger partial charge in [0.05, 0.1) is 6.26 Å². The quantitative estimate of drug-likeness (QED) is 0.876. The highest BCUT2D eigenvalue weighted by atomic mass is 16.3. The van der Waals surface area contributed by atoms with Gasteiger partial charge in [-0.15, -0.1) is 0 Å². The minimum atomic E-state index is -0.171. The van der Waals surface area contributed by atoms with Gasteiger partial charge in [0.2, 0.25) is 0 Å². The van der Waals surface area contributed by atoms with Crippen molar-refractivity contribution in [3.63, 3.8) is 0 Å². The van der Waals surface area contributed by atoms with E-state index in [0.717, 1.165) is 6.42 Å². The molecule has 0 aliphatic carbocycles. The van der Waals surface area contributed by atoms with Crippen molar-refractivity contribution in [3.8, 4) is 0 Å². The smallest absolute Gasteiger partial charge is 0.287 e. The maximum atomic E-state index is 11.9. The molecule has 0 aliphatic rings. The largest absolute Gasteiger partial charge is 0.459 e. The first-order valence-corrected chi connectivity index (χ1v) is 6.69. The fourth-order valence-electron chi connectivity index (χ4n) is 2.03. The number of carbonyl (C=O) groups is 1. The van der Waals surface area contributed by atoms with E-state index in [9.17, 15) is 4.79 Å². The van der Waals surface area contributed by atoms with Crippen molar-refractivity contribution in [3.05, 3.63) is 60.1 Å². The van der Waals surface area contributed by atoms with Gasteiger partial charge in [0.15, 0.2) is 5.76 Å². The molecule has 2 rings (SSSR count). The Morgan fingerprint density at radius 1 is 1.20 bits per heavy atom. The van der Waals surface area contributed by atoms with Gasteiger partial charge in [-0.3, -0.25) is 4.79 Å². The number of furan rings is 1. The van der Waals surface area contributed by atoms with Crippen LogP contribution in [0.5, 0.6) is 0 Å². The molecule has 1 aromatic carbocycles. The number of hydrogen-bond donors (Lipinski definition) is 1. The van der Waals surface area contributed by atoms with E-state index in [2.05, 4.69) is 22.3 Å². The first kappa shape index (κ1) is 14.3. The third-order valence-corrected chi connectivity index (χ3v) is 3.29. The summed E-state index contributed by atoms with van der Waals surface area (Å²) in [6.45, 7) is 0.585. The van der Waals surface area contributed by atoms with Crippen LogP contribution in [-0.2, 0) is 6.42 Å². The van der Waals surface area contributed by atoms with Gasteiger partial charge in [-0.2, -0.15) is 0 Å². The van der Waals surface area contributed by atoms with E-state index < -0.39 is 0 Å². The van der Waals surface area contributed by atoms with Crippen molar-refractivity contribution in [1.29, 1.82) is 0 Å². The monoisotopic (exact) mass is 272 g/mol. The molecule has 0 unspecified atom stereocenters. The Morgan fingerprint density at radius 3 is 2.55 bits per heavy atom. The molecule has 0 saturated heterocycles. The van der Waals surface area contributed by atoms with Crippen molar-refractivity contribution in [1.82, 2.24) is 10.2 Å². The highest BCUT2D eigenvalue weighted by Gasteiger charge is 2.15. The Kier molecular flexibility index (Phi) is 4.96. The molecular weight excluding hydrogens is 252 g/mol. The zero-order valence-electron chi connectivity index (χ0n) is 11.9. The zero-order valence-corrected chi connectivity index (χ0v) is 11.9. The second-order valence-electron chi connectivity index (χ2n) is 4.99. The van der Waals surface area contributed by atoms with Crippen molar-refractivity contribution < 1.29 is 9.21 Å². The zero-order chi connectivity index (χ0) is 14.4. The molecule has 0 bridgehead atoms. The molecule has 0 spiro atoms. The number of nitrogens with zero attached hydrogens (tertiary/aromatic N) is 1. The molecule has 0 radical (unpaired) electrons. The molecule has 1 aromatic heterocycles. The van der Waals surface area contributed by atoms with E-state index >= 15 is 0 Å². The summed E-state index contributed by atoms with van der Waals surface area (Å²) < 4.78 is 5.08. The molecule has 0 saturated carbocycles. The van der Waals surface area contributed by atoms with Crippen LogP contribution < -0.4 is 5.32 Å². The third-order valence-electron chi connectivity index (χ3n) is 3.29. The standard InChI is InChI=1S/C16H20N2O2/c1-18(2)14(11-13-7-4-3-5-8-13)12-17-16(19)15-9-6-10-20-15/h3-10,14H,11-12H2,1-2H3,(H,17,19)/t14-/m0/s1.